The lowest BCUT2D eigenvalue weighted by atomic mass is 10.3. The van der Waals surface area contributed by atoms with E-state index in [-0.39, 0.29) is 6.42 Å². The Morgan fingerprint density at radius 2 is 2.11 bits per heavy atom. The Morgan fingerprint density at radius 3 is 2.72 bits per heavy atom. The summed E-state index contributed by atoms with van der Waals surface area (Å²) in [6, 6.07) is 9.97. The van der Waals surface area contributed by atoms with Crippen LogP contribution in [0, 0.1) is 0 Å². The number of rotatable bonds is 8. The number of aliphatic carboxylic acids is 1. The van der Waals surface area contributed by atoms with Crippen molar-refractivity contribution >= 4 is 20.4 Å². The van der Waals surface area contributed by atoms with Crippen molar-refractivity contribution in [2.24, 2.45) is 0 Å². The van der Waals surface area contributed by atoms with Crippen molar-refractivity contribution in [3.05, 3.63) is 30.3 Å². The number of carboxylic acids is 1. The van der Waals surface area contributed by atoms with Gasteiger partial charge in [0, 0.05) is 18.8 Å². The Labute approximate surface area is 108 Å². The van der Waals surface area contributed by atoms with E-state index in [0.717, 1.165) is 18.8 Å². The van der Waals surface area contributed by atoms with Crippen LogP contribution in [0.4, 0.5) is 5.69 Å². The summed E-state index contributed by atoms with van der Waals surface area (Å²) in [6.45, 7) is 2.15. The third-order valence-corrected chi connectivity index (χ3v) is 3.95. The predicted molar refractivity (Wildman–Crippen MR) is 72.2 cm³/mol. The average molecular weight is 268 g/mol. The molecule has 1 saturated heterocycles. The van der Waals surface area contributed by atoms with Gasteiger partial charge in [0.2, 0.25) is 0 Å². The highest BCUT2D eigenvalue weighted by atomic mass is 31.1. The predicted octanol–water partition coefficient (Wildman–Crippen LogP) is 1.48. The van der Waals surface area contributed by atoms with E-state index < -0.39 is 11.3 Å². The van der Waals surface area contributed by atoms with Crippen LogP contribution in [0.1, 0.15) is 6.42 Å². The van der Waals surface area contributed by atoms with Crippen LogP contribution < -0.4 is 10.4 Å². The van der Waals surface area contributed by atoms with E-state index in [0.29, 0.717) is 15.3 Å². The molecule has 2 unspecified atom stereocenters. The minimum Gasteiger partial charge on any atom is -0.481 e. The quantitative estimate of drug-likeness (QED) is 0.378. The van der Waals surface area contributed by atoms with Crippen molar-refractivity contribution in [1.29, 1.82) is 0 Å². The molecular weight excluding hydrogens is 251 g/mol. The molecule has 1 heterocycles. The highest BCUT2D eigenvalue weighted by Crippen LogP contribution is 2.44. The lowest BCUT2D eigenvalue weighted by molar-refractivity contribution is -0.137. The molecule has 0 aliphatic carbocycles. The number of benzene rings is 1. The number of hydrogen-bond donors (Lipinski definition) is 3. The van der Waals surface area contributed by atoms with Gasteiger partial charge in [0.05, 0.1) is 13.0 Å². The normalized spacial score (nSPS) is 22.2. The molecule has 0 bridgehead atoms. The van der Waals surface area contributed by atoms with E-state index in [1.807, 2.05) is 30.3 Å². The first-order valence-corrected chi connectivity index (χ1v) is 6.85. The summed E-state index contributed by atoms with van der Waals surface area (Å²) in [7, 11) is 0.337. The smallest absolute Gasteiger partial charge is 0.306 e. The van der Waals surface area contributed by atoms with Gasteiger partial charge in [0.15, 0.2) is 0 Å². The van der Waals surface area contributed by atoms with Crippen LogP contribution in [-0.2, 0) is 9.53 Å². The molecular formula is C12H17N2O3P. The lowest BCUT2D eigenvalue weighted by Crippen LogP contribution is -2.21. The Hall–Kier alpha value is -1.16. The SMILES string of the molecule is O=C(O)CC1(PNCCNc2ccccc2)CO1. The first kappa shape index (κ1) is 13.3. The minimum absolute atomic E-state index is 0.0879. The van der Waals surface area contributed by atoms with Gasteiger partial charge in [0.1, 0.15) is 5.34 Å². The summed E-state index contributed by atoms with van der Waals surface area (Å²) in [5.74, 6) is -0.802. The van der Waals surface area contributed by atoms with E-state index in [2.05, 4.69) is 10.4 Å². The molecule has 0 saturated carbocycles. The summed E-state index contributed by atoms with van der Waals surface area (Å²) >= 11 is 0. The molecule has 1 aliphatic heterocycles. The fourth-order valence-electron chi connectivity index (χ4n) is 1.60. The lowest BCUT2D eigenvalue weighted by Gasteiger charge is -2.11. The summed E-state index contributed by atoms with van der Waals surface area (Å²) in [4.78, 5) is 10.6. The van der Waals surface area contributed by atoms with Gasteiger partial charge in [-0.2, -0.15) is 0 Å². The zero-order chi connectivity index (χ0) is 12.8. The van der Waals surface area contributed by atoms with Crippen molar-refractivity contribution in [2.45, 2.75) is 11.8 Å². The molecule has 0 amide bonds. The third kappa shape index (κ3) is 4.26. The second kappa shape index (κ2) is 6.14. The largest absolute Gasteiger partial charge is 0.481 e. The third-order valence-electron chi connectivity index (χ3n) is 2.60. The molecule has 18 heavy (non-hydrogen) atoms. The summed E-state index contributed by atoms with van der Waals surface area (Å²) in [6.07, 6.45) is 0.0879. The van der Waals surface area contributed by atoms with Crippen LogP contribution >= 0.6 is 8.73 Å². The molecule has 2 rings (SSSR count). The van der Waals surface area contributed by atoms with Crippen molar-refractivity contribution in [1.82, 2.24) is 5.09 Å². The molecule has 1 aromatic rings. The van der Waals surface area contributed by atoms with E-state index in [1.54, 1.807) is 0 Å². The fourth-order valence-corrected chi connectivity index (χ4v) is 2.63. The van der Waals surface area contributed by atoms with E-state index in [1.165, 1.54) is 0 Å². The number of carbonyl (C=O) groups is 1. The molecule has 0 aromatic heterocycles. The van der Waals surface area contributed by atoms with Crippen LogP contribution in [0.2, 0.25) is 0 Å². The topological polar surface area (TPSA) is 73.9 Å². The minimum atomic E-state index is -0.802. The second-order valence-corrected chi connectivity index (χ2v) is 5.71. The molecule has 6 heteroatoms. The molecule has 2 atom stereocenters. The number of para-hydroxylation sites is 1. The number of carboxylic acid groups (broad SMARTS) is 1. The Balaban J connectivity index is 1.58. The Bertz CT molecular complexity index is 396. The zero-order valence-corrected chi connectivity index (χ0v) is 11.0. The molecule has 3 N–H and O–H groups in total. The van der Waals surface area contributed by atoms with Crippen molar-refractivity contribution < 1.29 is 14.6 Å². The average Bonchev–Trinajstić information content (AvgIpc) is 3.09. The fraction of sp³-hybridized carbons (Fsp3) is 0.417. The highest BCUT2D eigenvalue weighted by molar-refractivity contribution is 7.37. The summed E-state index contributed by atoms with van der Waals surface area (Å²) < 4.78 is 5.22. The van der Waals surface area contributed by atoms with Gasteiger partial charge in [-0.05, 0) is 20.9 Å². The number of hydrogen-bond acceptors (Lipinski definition) is 4. The van der Waals surface area contributed by atoms with Gasteiger partial charge in [0.25, 0.3) is 0 Å². The van der Waals surface area contributed by atoms with Gasteiger partial charge < -0.3 is 15.2 Å². The van der Waals surface area contributed by atoms with Crippen molar-refractivity contribution in [3.63, 3.8) is 0 Å². The van der Waals surface area contributed by atoms with E-state index in [4.69, 9.17) is 9.84 Å². The maximum Gasteiger partial charge on any atom is 0.306 e. The van der Waals surface area contributed by atoms with Crippen molar-refractivity contribution in [2.75, 3.05) is 25.0 Å². The van der Waals surface area contributed by atoms with E-state index >= 15 is 0 Å². The first-order valence-electron chi connectivity index (χ1n) is 5.85. The maximum absolute atomic E-state index is 10.6. The van der Waals surface area contributed by atoms with Gasteiger partial charge in [-0.1, -0.05) is 18.2 Å². The molecule has 0 radical (unpaired) electrons. The summed E-state index contributed by atoms with van der Waals surface area (Å²) in [5, 5.41) is 14.8. The number of nitrogens with one attached hydrogen (secondary N) is 2. The molecule has 5 nitrogen and oxygen atoms in total. The van der Waals surface area contributed by atoms with Gasteiger partial charge in [-0.3, -0.25) is 9.88 Å². The van der Waals surface area contributed by atoms with Crippen LogP contribution in [0.15, 0.2) is 30.3 Å². The highest BCUT2D eigenvalue weighted by Gasteiger charge is 2.46. The van der Waals surface area contributed by atoms with Crippen LogP contribution in [0.5, 0.6) is 0 Å². The standard InChI is InChI=1S/C12H17N2O3P/c15-11(16)8-12(9-17-12)18-14-7-6-13-10-4-2-1-3-5-10/h1-5,13-14,18H,6-9H2,(H,15,16). The van der Waals surface area contributed by atoms with Crippen LogP contribution in [0.25, 0.3) is 0 Å². The maximum atomic E-state index is 10.6. The van der Waals surface area contributed by atoms with Gasteiger partial charge in [-0.25, -0.2) is 0 Å². The number of ether oxygens (including phenoxy) is 1. The Kier molecular flexibility index (Phi) is 4.53. The van der Waals surface area contributed by atoms with Crippen LogP contribution in [-0.4, -0.2) is 36.1 Å². The molecule has 1 fully saturated rings. The summed E-state index contributed by atoms with van der Waals surface area (Å²) in [5.41, 5.74) is 1.09. The van der Waals surface area contributed by atoms with Crippen molar-refractivity contribution in [3.8, 4) is 0 Å². The van der Waals surface area contributed by atoms with Gasteiger partial charge in [-0.15, -0.1) is 0 Å². The molecule has 1 aliphatic rings. The monoisotopic (exact) mass is 268 g/mol. The van der Waals surface area contributed by atoms with Gasteiger partial charge >= 0.3 is 5.97 Å². The Morgan fingerprint density at radius 1 is 1.39 bits per heavy atom. The zero-order valence-electron chi connectivity index (χ0n) is 9.98. The first-order chi connectivity index (χ1) is 8.70. The number of anilines is 1. The van der Waals surface area contributed by atoms with E-state index in [9.17, 15) is 4.79 Å². The van der Waals surface area contributed by atoms with Crippen LogP contribution in [0.3, 0.4) is 0 Å². The molecule has 98 valence electrons. The molecule has 1 aromatic carbocycles. The second-order valence-electron chi connectivity index (χ2n) is 4.20. The molecule has 0 spiro atoms. The number of epoxide rings is 1.